The number of sulfonamides is 1. The second kappa shape index (κ2) is 8.55. The summed E-state index contributed by atoms with van der Waals surface area (Å²) in [5, 5.41) is 0. The molecule has 6 nitrogen and oxygen atoms in total. The number of benzene rings is 1. The number of carbonyl (C=O) groups excluding carboxylic acids is 1. The van der Waals surface area contributed by atoms with Crippen molar-refractivity contribution in [1.82, 2.24) is 4.72 Å². The van der Waals surface area contributed by atoms with Crippen LogP contribution in [0.2, 0.25) is 0 Å². The van der Waals surface area contributed by atoms with Crippen LogP contribution in [-0.2, 0) is 19.5 Å². The van der Waals surface area contributed by atoms with Crippen LogP contribution in [0.3, 0.4) is 0 Å². The van der Waals surface area contributed by atoms with E-state index in [1.807, 2.05) is 6.92 Å². The molecule has 1 N–H and O–H groups in total. The molecule has 0 spiro atoms. The first-order valence-corrected chi connectivity index (χ1v) is 6.69. The minimum absolute atomic E-state index is 0. The van der Waals surface area contributed by atoms with Crippen molar-refractivity contribution in [1.29, 1.82) is 0 Å². The Morgan fingerprint density at radius 1 is 1.21 bits per heavy atom. The van der Waals surface area contributed by atoms with Gasteiger partial charge in [0.2, 0.25) is 0 Å². The van der Waals surface area contributed by atoms with Gasteiger partial charge in [-0.05, 0) is 19.1 Å². The molecule has 101 valence electrons. The van der Waals surface area contributed by atoms with Crippen LogP contribution in [0.1, 0.15) is 5.56 Å². The van der Waals surface area contributed by atoms with Crippen molar-refractivity contribution < 1.29 is 22.7 Å². The Balaban J connectivity index is 0.00000324. The first kappa shape index (κ1) is 18.4. The molecule has 1 aromatic carbocycles. The minimum Gasteiger partial charge on any atom is -0.446 e. The normalized spacial score (nSPS) is 10.4. The van der Waals surface area contributed by atoms with E-state index in [9.17, 15) is 13.2 Å². The third-order valence-electron chi connectivity index (χ3n) is 2.07. The van der Waals surface area contributed by atoms with E-state index in [0.29, 0.717) is 0 Å². The van der Waals surface area contributed by atoms with E-state index in [1.54, 1.807) is 16.9 Å². The van der Waals surface area contributed by atoms with Crippen LogP contribution in [0.4, 0.5) is 4.79 Å². The minimum atomic E-state index is -3.88. The predicted molar refractivity (Wildman–Crippen MR) is 70.5 cm³/mol. The predicted octanol–water partition coefficient (Wildman–Crippen LogP) is 0.676. The zero-order valence-electron chi connectivity index (χ0n) is 11.2. The average Bonchev–Trinajstić information content (AvgIpc) is 2.29. The van der Waals surface area contributed by atoms with Crippen molar-refractivity contribution in [2.75, 3.05) is 20.3 Å². The number of carbonyl (C=O) groups is 1. The first-order chi connectivity index (χ1) is 8.45. The number of aryl methyl sites for hydroxylation is 1. The summed E-state index contributed by atoms with van der Waals surface area (Å²) in [6, 6.07) is 6.12. The van der Waals surface area contributed by atoms with Crippen molar-refractivity contribution in [3.8, 4) is 0 Å². The van der Waals surface area contributed by atoms with Crippen molar-refractivity contribution in [3.05, 3.63) is 29.8 Å². The summed E-state index contributed by atoms with van der Waals surface area (Å²) in [5.41, 5.74) is 0.927. The van der Waals surface area contributed by atoms with E-state index < -0.39 is 16.1 Å². The van der Waals surface area contributed by atoms with Crippen molar-refractivity contribution in [2.45, 2.75) is 11.8 Å². The molecule has 0 aromatic heterocycles. The Bertz CT molecular complexity index is 500. The van der Waals surface area contributed by atoms with Crippen LogP contribution in [0, 0.1) is 6.92 Å². The second-order valence-corrected chi connectivity index (χ2v) is 5.23. The molecule has 0 saturated carbocycles. The Morgan fingerprint density at radius 3 is 2.32 bits per heavy atom. The summed E-state index contributed by atoms with van der Waals surface area (Å²) in [7, 11) is -2.43. The molecule has 0 unspecified atom stereocenters. The molecule has 0 aliphatic heterocycles. The summed E-state index contributed by atoms with van der Waals surface area (Å²) in [4.78, 5) is 11.2. The largest absolute Gasteiger partial charge is 0.446 e. The van der Waals surface area contributed by atoms with Crippen LogP contribution >= 0.6 is 0 Å². The van der Waals surface area contributed by atoms with Gasteiger partial charge in [-0.1, -0.05) is 17.7 Å². The smallest absolute Gasteiger partial charge is 0.421 e. The molecule has 0 aliphatic carbocycles. The molecule has 8 heteroatoms. The molecule has 1 rings (SSSR count). The third kappa shape index (κ3) is 6.40. The molecule has 0 bridgehead atoms. The quantitative estimate of drug-likeness (QED) is 0.638. The van der Waals surface area contributed by atoms with Gasteiger partial charge in [-0.25, -0.2) is 17.9 Å². The van der Waals surface area contributed by atoms with E-state index in [0.717, 1.165) is 5.56 Å². The van der Waals surface area contributed by atoms with Crippen LogP contribution in [0.25, 0.3) is 0 Å². The van der Waals surface area contributed by atoms with E-state index in [1.165, 1.54) is 19.2 Å². The van der Waals surface area contributed by atoms with Gasteiger partial charge in [0, 0.05) is 36.7 Å². The van der Waals surface area contributed by atoms with Crippen LogP contribution in [-0.4, -0.2) is 64.4 Å². The monoisotopic (exact) mass is 296 g/mol. The van der Waals surface area contributed by atoms with Gasteiger partial charge >= 0.3 is 6.09 Å². The van der Waals surface area contributed by atoms with Gasteiger partial charge in [-0.15, -0.1) is 0 Å². The summed E-state index contributed by atoms with van der Waals surface area (Å²) in [5.74, 6) is 0. The van der Waals surface area contributed by atoms with Gasteiger partial charge in [0.05, 0.1) is 11.5 Å². The molecule has 0 fully saturated rings. The van der Waals surface area contributed by atoms with Gasteiger partial charge in [-0.3, -0.25) is 0 Å². The number of nitrogens with one attached hydrogen (secondary N) is 1. The standard InChI is InChI=1S/C11H15NO5S.Na/c1-9-3-5-10(6-4-9)18(14,15)12-11(13)17-8-7-16-2;/h3-6H,7-8H2,1-2H3,(H,12,13);. The molecular weight excluding hydrogens is 281 g/mol. The van der Waals surface area contributed by atoms with E-state index in [-0.39, 0.29) is 47.7 Å². The van der Waals surface area contributed by atoms with E-state index in [4.69, 9.17) is 0 Å². The molecule has 0 saturated heterocycles. The van der Waals surface area contributed by atoms with Crippen molar-refractivity contribution in [3.63, 3.8) is 0 Å². The summed E-state index contributed by atoms with van der Waals surface area (Å²) in [6.07, 6.45) is -1.02. The van der Waals surface area contributed by atoms with Gasteiger partial charge in [-0.2, -0.15) is 0 Å². The molecular formula is C11H15NNaO5S. The number of hydrogen-bond donors (Lipinski definition) is 1. The molecule has 0 atom stereocenters. The van der Waals surface area contributed by atoms with Gasteiger partial charge < -0.3 is 9.47 Å². The van der Waals surface area contributed by atoms with E-state index in [2.05, 4.69) is 9.47 Å². The Hall–Kier alpha value is -0.600. The second-order valence-electron chi connectivity index (χ2n) is 3.55. The maximum atomic E-state index is 11.7. The zero-order chi connectivity index (χ0) is 13.6. The molecule has 1 aromatic rings. The average molecular weight is 296 g/mol. The summed E-state index contributed by atoms with van der Waals surface area (Å²) < 4.78 is 34.6. The number of rotatable bonds is 5. The van der Waals surface area contributed by atoms with Gasteiger partial charge in [0.25, 0.3) is 10.0 Å². The van der Waals surface area contributed by atoms with Crippen LogP contribution < -0.4 is 4.72 Å². The molecule has 0 heterocycles. The number of ether oxygens (including phenoxy) is 2. The van der Waals surface area contributed by atoms with Crippen molar-refractivity contribution >= 4 is 45.7 Å². The Kier molecular flexibility index (Phi) is 8.28. The molecule has 0 aliphatic rings. The Morgan fingerprint density at radius 2 is 1.79 bits per heavy atom. The molecule has 1 radical (unpaired) electrons. The molecule has 19 heavy (non-hydrogen) atoms. The number of amides is 1. The Labute approximate surface area is 134 Å². The van der Waals surface area contributed by atoms with Crippen LogP contribution in [0.15, 0.2) is 29.2 Å². The maximum absolute atomic E-state index is 11.7. The third-order valence-corrected chi connectivity index (χ3v) is 3.40. The van der Waals surface area contributed by atoms with E-state index >= 15 is 0 Å². The zero-order valence-corrected chi connectivity index (χ0v) is 14.0. The fourth-order valence-corrected chi connectivity index (χ4v) is 2.02. The number of methoxy groups -OCH3 is 1. The summed E-state index contributed by atoms with van der Waals surface area (Å²) >= 11 is 0. The SMILES string of the molecule is COCCOC(=O)NS(=O)(=O)c1ccc(C)cc1.[Na]. The van der Waals surface area contributed by atoms with Crippen molar-refractivity contribution in [2.24, 2.45) is 0 Å². The van der Waals surface area contributed by atoms with Crippen LogP contribution in [0.5, 0.6) is 0 Å². The molecule has 1 amide bonds. The number of hydrogen-bond acceptors (Lipinski definition) is 5. The first-order valence-electron chi connectivity index (χ1n) is 5.21. The topological polar surface area (TPSA) is 81.7 Å². The van der Waals surface area contributed by atoms with Gasteiger partial charge in [0.15, 0.2) is 0 Å². The maximum Gasteiger partial charge on any atom is 0.421 e. The fraction of sp³-hybridized carbons (Fsp3) is 0.364. The fourth-order valence-electron chi connectivity index (χ4n) is 1.13. The summed E-state index contributed by atoms with van der Waals surface area (Å²) in [6.45, 7) is 2.03. The van der Waals surface area contributed by atoms with Gasteiger partial charge in [0.1, 0.15) is 6.61 Å².